The number of halogens is 1. The van der Waals surface area contributed by atoms with Crippen molar-refractivity contribution in [1.29, 1.82) is 0 Å². The number of aliphatic imine (C=N–C) groups is 2. The first-order valence-corrected chi connectivity index (χ1v) is 9.06. The van der Waals surface area contributed by atoms with Gasteiger partial charge in [0.15, 0.2) is 5.84 Å². The van der Waals surface area contributed by atoms with Gasteiger partial charge in [0.2, 0.25) is 0 Å². The van der Waals surface area contributed by atoms with Gasteiger partial charge in [-0.15, -0.1) is 0 Å². The highest BCUT2D eigenvalue weighted by Crippen LogP contribution is 2.20. The van der Waals surface area contributed by atoms with E-state index in [1.165, 1.54) is 18.5 Å². The number of rotatable bonds is 3. The van der Waals surface area contributed by atoms with Gasteiger partial charge in [-0.2, -0.15) is 0 Å². The molecule has 130 valence electrons. The van der Waals surface area contributed by atoms with Gasteiger partial charge in [-0.1, -0.05) is 29.8 Å². The summed E-state index contributed by atoms with van der Waals surface area (Å²) in [5, 5.41) is 0.441. The SMILES string of the molecule is CC(Cl)=NC(=NC1=CCC=C(N2CCCC2)C=C1)c1cccc(C)n1. The van der Waals surface area contributed by atoms with E-state index < -0.39 is 0 Å². The average molecular weight is 355 g/mol. The Morgan fingerprint density at radius 1 is 1.16 bits per heavy atom. The maximum Gasteiger partial charge on any atom is 0.179 e. The van der Waals surface area contributed by atoms with E-state index in [1.54, 1.807) is 6.92 Å². The molecule has 0 amide bonds. The summed E-state index contributed by atoms with van der Waals surface area (Å²) in [5.74, 6) is 0.539. The molecule has 0 bridgehead atoms. The van der Waals surface area contributed by atoms with E-state index in [1.807, 2.05) is 31.2 Å². The highest BCUT2D eigenvalue weighted by molar-refractivity contribution is 6.65. The van der Waals surface area contributed by atoms with Crippen molar-refractivity contribution in [3.05, 3.63) is 65.3 Å². The van der Waals surface area contributed by atoms with Crippen molar-refractivity contribution >= 4 is 22.6 Å². The van der Waals surface area contributed by atoms with Gasteiger partial charge >= 0.3 is 0 Å². The molecule has 1 aromatic rings. The molecule has 1 aliphatic heterocycles. The molecule has 0 aromatic carbocycles. The van der Waals surface area contributed by atoms with Crippen LogP contribution in [0.1, 0.15) is 37.6 Å². The second-order valence-electron chi connectivity index (χ2n) is 6.23. The molecule has 1 aromatic heterocycles. The van der Waals surface area contributed by atoms with Crippen LogP contribution in [0.4, 0.5) is 0 Å². The number of aryl methyl sites for hydroxylation is 1. The number of amidine groups is 1. The predicted octanol–water partition coefficient (Wildman–Crippen LogP) is 4.62. The highest BCUT2D eigenvalue weighted by atomic mass is 35.5. The lowest BCUT2D eigenvalue weighted by Crippen LogP contribution is -2.16. The van der Waals surface area contributed by atoms with E-state index in [4.69, 9.17) is 16.6 Å². The first-order chi connectivity index (χ1) is 12.1. The minimum atomic E-state index is 0.441. The molecule has 4 nitrogen and oxygen atoms in total. The summed E-state index contributed by atoms with van der Waals surface area (Å²) in [6.07, 6.45) is 12.0. The highest BCUT2D eigenvalue weighted by Gasteiger charge is 2.13. The van der Waals surface area contributed by atoms with Gasteiger partial charge in [0.05, 0.1) is 5.70 Å². The zero-order valence-electron chi connectivity index (χ0n) is 14.7. The Hall–Kier alpha value is -2.20. The van der Waals surface area contributed by atoms with E-state index >= 15 is 0 Å². The van der Waals surface area contributed by atoms with Crippen LogP contribution in [0.2, 0.25) is 0 Å². The third-order valence-corrected chi connectivity index (χ3v) is 4.25. The number of hydrogen-bond acceptors (Lipinski definition) is 3. The second kappa shape index (κ2) is 8.26. The molecule has 2 aliphatic rings. The van der Waals surface area contributed by atoms with Gasteiger partial charge < -0.3 is 4.90 Å². The molecule has 5 heteroatoms. The molecule has 0 radical (unpaired) electrons. The summed E-state index contributed by atoms with van der Waals surface area (Å²) < 4.78 is 0. The minimum absolute atomic E-state index is 0.441. The van der Waals surface area contributed by atoms with Crippen molar-refractivity contribution in [2.75, 3.05) is 13.1 Å². The third-order valence-electron chi connectivity index (χ3n) is 4.16. The van der Waals surface area contributed by atoms with Gasteiger partial charge in [-0.05, 0) is 57.4 Å². The molecule has 0 atom stereocenters. The molecule has 1 saturated heterocycles. The molecule has 25 heavy (non-hydrogen) atoms. The van der Waals surface area contributed by atoms with Crippen LogP contribution in [-0.4, -0.2) is 34.0 Å². The van der Waals surface area contributed by atoms with Crippen molar-refractivity contribution in [3.63, 3.8) is 0 Å². The maximum atomic E-state index is 6.01. The van der Waals surface area contributed by atoms with Crippen LogP contribution in [0.15, 0.2) is 63.9 Å². The normalized spacial score (nSPS) is 18.9. The summed E-state index contributed by atoms with van der Waals surface area (Å²) in [6, 6.07) is 5.82. The minimum Gasteiger partial charge on any atom is -0.372 e. The van der Waals surface area contributed by atoms with Gasteiger partial charge in [-0.3, -0.25) is 0 Å². The number of hydrogen-bond donors (Lipinski definition) is 0. The largest absolute Gasteiger partial charge is 0.372 e. The molecular weight excluding hydrogens is 332 g/mol. The first kappa shape index (κ1) is 17.6. The Kier molecular flexibility index (Phi) is 5.82. The Bertz CT molecular complexity index is 777. The smallest absolute Gasteiger partial charge is 0.179 e. The summed E-state index contributed by atoms with van der Waals surface area (Å²) in [6.45, 7) is 5.98. The number of likely N-dealkylation sites (tertiary alicyclic amines) is 1. The zero-order valence-corrected chi connectivity index (χ0v) is 15.5. The quantitative estimate of drug-likeness (QED) is 0.587. The molecule has 0 saturated carbocycles. The standard InChI is InChI=1S/C20H23ClN4/c1-15-7-5-10-19(22-15)20(23-16(2)21)24-17-8-6-9-18(12-11-17)25-13-3-4-14-25/h5,7-12H,3-4,6,13-14H2,1-2H3. The fourth-order valence-corrected chi connectivity index (χ4v) is 3.06. The zero-order chi connectivity index (χ0) is 17.6. The summed E-state index contributed by atoms with van der Waals surface area (Å²) in [5.41, 5.74) is 3.82. The van der Waals surface area contributed by atoms with Crippen molar-refractivity contribution < 1.29 is 0 Å². The molecule has 0 unspecified atom stereocenters. The van der Waals surface area contributed by atoms with Crippen LogP contribution >= 0.6 is 11.6 Å². The number of aromatic nitrogens is 1. The number of pyridine rings is 1. The molecule has 2 heterocycles. The Labute approximate surface area is 154 Å². The van der Waals surface area contributed by atoms with E-state index in [9.17, 15) is 0 Å². The van der Waals surface area contributed by atoms with Crippen LogP contribution in [-0.2, 0) is 0 Å². The van der Waals surface area contributed by atoms with Gasteiger partial charge in [0.25, 0.3) is 0 Å². The lowest BCUT2D eigenvalue weighted by molar-refractivity contribution is 0.439. The lowest BCUT2D eigenvalue weighted by Gasteiger charge is -2.18. The van der Waals surface area contributed by atoms with E-state index in [0.717, 1.165) is 36.6 Å². The van der Waals surface area contributed by atoms with Crippen molar-refractivity contribution in [1.82, 2.24) is 9.88 Å². The molecule has 3 rings (SSSR count). The summed E-state index contributed by atoms with van der Waals surface area (Å²) >= 11 is 6.01. The Morgan fingerprint density at radius 3 is 2.68 bits per heavy atom. The second-order valence-corrected chi connectivity index (χ2v) is 6.78. The third kappa shape index (κ3) is 4.89. The van der Waals surface area contributed by atoms with E-state index in [-0.39, 0.29) is 0 Å². The molecule has 0 N–H and O–H groups in total. The summed E-state index contributed by atoms with van der Waals surface area (Å²) in [7, 11) is 0. The monoisotopic (exact) mass is 354 g/mol. The Balaban J connectivity index is 1.86. The van der Waals surface area contributed by atoms with Crippen LogP contribution in [0.5, 0.6) is 0 Å². The van der Waals surface area contributed by atoms with Crippen LogP contribution < -0.4 is 0 Å². The van der Waals surface area contributed by atoms with Gasteiger partial charge in [-0.25, -0.2) is 15.0 Å². The van der Waals surface area contributed by atoms with Crippen molar-refractivity contribution in [3.8, 4) is 0 Å². The predicted molar refractivity (Wildman–Crippen MR) is 105 cm³/mol. The van der Waals surface area contributed by atoms with Gasteiger partial charge in [0.1, 0.15) is 10.9 Å². The molecule has 1 aliphatic carbocycles. The fraction of sp³-hybridized carbons (Fsp3) is 0.350. The van der Waals surface area contributed by atoms with Crippen LogP contribution in [0.25, 0.3) is 0 Å². The topological polar surface area (TPSA) is 40.9 Å². The van der Waals surface area contributed by atoms with E-state index in [2.05, 4.69) is 33.1 Å². The van der Waals surface area contributed by atoms with Crippen molar-refractivity contribution in [2.24, 2.45) is 9.98 Å². The molecule has 1 fully saturated rings. The number of nitrogens with zero attached hydrogens (tertiary/aromatic N) is 4. The fourth-order valence-electron chi connectivity index (χ4n) is 2.98. The van der Waals surface area contributed by atoms with Crippen LogP contribution in [0, 0.1) is 6.92 Å². The Morgan fingerprint density at radius 2 is 1.96 bits per heavy atom. The first-order valence-electron chi connectivity index (χ1n) is 8.69. The van der Waals surface area contributed by atoms with Crippen LogP contribution in [0.3, 0.4) is 0 Å². The number of allylic oxidation sites excluding steroid dienone is 4. The average Bonchev–Trinajstić information content (AvgIpc) is 3.01. The molecule has 0 spiro atoms. The van der Waals surface area contributed by atoms with Crippen molar-refractivity contribution in [2.45, 2.75) is 33.1 Å². The summed E-state index contributed by atoms with van der Waals surface area (Å²) in [4.78, 5) is 16.0. The molecular formula is C20H23ClN4. The van der Waals surface area contributed by atoms with Gasteiger partial charge in [0, 0.05) is 24.5 Å². The lowest BCUT2D eigenvalue weighted by atomic mass is 10.3. The maximum absolute atomic E-state index is 6.01. The van der Waals surface area contributed by atoms with E-state index in [0.29, 0.717) is 11.0 Å².